The first-order valence-corrected chi connectivity index (χ1v) is 8.97. The van der Waals surface area contributed by atoms with E-state index in [1.165, 1.54) is 24.4 Å². The lowest BCUT2D eigenvalue weighted by atomic mass is 10.2. The standard InChI is InChI=1S/C15H18FN3O4S/c1-3-22-14-13(9-17-15(18-14)23-4-2)19-24(20,21)10-11-7-5-6-8-12(11)16/h5-9,19H,3-4,10H2,1-2H3. The van der Waals surface area contributed by atoms with E-state index in [0.29, 0.717) is 6.61 Å². The number of sulfonamides is 1. The van der Waals surface area contributed by atoms with Gasteiger partial charge in [0.2, 0.25) is 15.9 Å². The fourth-order valence-electron chi connectivity index (χ4n) is 1.89. The Morgan fingerprint density at radius 3 is 2.54 bits per heavy atom. The molecule has 0 saturated carbocycles. The van der Waals surface area contributed by atoms with Gasteiger partial charge in [-0.2, -0.15) is 4.98 Å². The summed E-state index contributed by atoms with van der Waals surface area (Å²) in [5.74, 6) is -1.05. The summed E-state index contributed by atoms with van der Waals surface area (Å²) in [6.07, 6.45) is 1.25. The molecule has 0 atom stereocenters. The van der Waals surface area contributed by atoms with E-state index in [9.17, 15) is 12.8 Å². The van der Waals surface area contributed by atoms with Crippen LogP contribution in [0.5, 0.6) is 11.9 Å². The van der Waals surface area contributed by atoms with Gasteiger partial charge in [0.15, 0.2) is 0 Å². The van der Waals surface area contributed by atoms with Crippen LogP contribution in [0.25, 0.3) is 0 Å². The second-order valence-corrected chi connectivity index (χ2v) is 6.41. The number of halogens is 1. The summed E-state index contributed by atoms with van der Waals surface area (Å²) in [5, 5.41) is 0. The molecule has 2 rings (SSSR count). The van der Waals surface area contributed by atoms with Crippen LogP contribution in [-0.4, -0.2) is 31.6 Å². The minimum atomic E-state index is -3.87. The highest BCUT2D eigenvalue weighted by molar-refractivity contribution is 7.91. The first-order chi connectivity index (χ1) is 11.4. The van der Waals surface area contributed by atoms with Crippen molar-refractivity contribution in [2.75, 3.05) is 17.9 Å². The molecule has 0 fully saturated rings. The molecule has 7 nitrogen and oxygen atoms in total. The van der Waals surface area contributed by atoms with Crippen LogP contribution in [0.2, 0.25) is 0 Å². The van der Waals surface area contributed by atoms with E-state index in [4.69, 9.17) is 9.47 Å². The Kier molecular flexibility index (Phi) is 5.91. The highest BCUT2D eigenvalue weighted by atomic mass is 32.2. The molecule has 0 unspecified atom stereocenters. The normalized spacial score (nSPS) is 11.1. The number of rotatable bonds is 8. The summed E-state index contributed by atoms with van der Waals surface area (Å²) in [4.78, 5) is 7.91. The highest BCUT2D eigenvalue weighted by Gasteiger charge is 2.18. The average molecular weight is 355 g/mol. The van der Waals surface area contributed by atoms with Crippen LogP contribution >= 0.6 is 0 Å². The lowest BCUT2D eigenvalue weighted by Gasteiger charge is -2.13. The van der Waals surface area contributed by atoms with Gasteiger partial charge in [-0.1, -0.05) is 18.2 Å². The van der Waals surface area contributed by atoms with Gasteiger partial charge in [0.25, 0.3) is 0 Å². The maximum atomic E-state index is 13.6. The molecule has 0 spiro atoms. The number of benzene rings is 1. The fourth-order valence-corrected chi connectivity index (χ4v) is 3.08. The van der Waals surface area contributed by atoms with Crippen molar-refractivity contribution >= 4 is 15.7 Å². The number of hydrogen-bond donors (Lipinski definition) is 1. The van der Waals surface area contributed by atoms with Crippen LogP contribution in [0.3, 0.4) is 0 Å². The Labute approximate surface area is 139 Å². The summed E-state index contributed by atoms with van der Waals surface area (Å²) >= 11 is 0. The zero-order chi connectivity index (χ0) is 17.6. The first kappa shape index (κ1) is 17.9. The summed E-state index contributed by atoms with van der Waals surface area (Å²) in [7, 11) is -3.87. The molecular weight excluding hydrogens is 337 g/mol. The summed E-state index contributed by atoms with van der Waals surface area (Å²) in [6, 6.07) is 5.76. The van der Waals surface area contributed by atoms with Crippen molar-refractivity contribution in [3.05, 3.63) is 41.8 Å². The minimum absolute atomic E-state index is 0.0491. The smallest absolute Gasteiger partial charge is 0.319 e. The van der Waals surface area contributed by atoms with Gasteiger partial charge >= 0.3 is 6.01 Å². The molecule has 130 valence electrons. The lowest BCUT2D eigenvalue weighted by molar-refractivity contribution is 0.290. The Morgan fingerprint density at radius 1 is 1.17 bits per heavy atom. The monoisotopic (exact) mass is 355 g/mol. The Balaban J connectivity index is 2.23. The molecule has 2 aromatic rings. The predicted octanol–water partition coefficient (Wildman–Crippen LogP) is 2.36. The van der Waals surface area contributed by atoms with Gasteiger partial charge in [0.1, 0.15) is 11.5 Å². The quantitative estimate of drug-likeness (QED) is 0.782. The van der Waals surface area contributed by atoms with Crippen LogP contribution in [0.1, 0.15) is 19.4 Å². The SMILES string of the molecule is CCOc1ncc(NS(=O)(=O)Cc2ccccc2F)c(OCC)n1. The van der Waals surface area contributed by atoms with Gasteiger partial charge in [0.05, 0.1) is 25.2 Å². The third kappa shape index (κ3) is 4.79. The molecule has 1 aromatic heterocycles. The molecule has 1 aromatic carbocycles. The predicted molar refractivity (Wildman–Crippen MR) is 87.0 cm³/mol. The number of anilines is 1. The summed E-state index contributed by atoms with van der Waals surface area (Å²) < 4.78 is 51.0. The summed E-state index contributed by atoms with van der Waals surface area (Å²) in [6.45, 7) is 4.16. The van der Waals surface area contributed by atoms with E-state index in [-0.39, 0.29) is 29.7 Å². The molecule has 0 aliphatic carbocycles. The van der Waals surface area contributed by atoms with Crippen molar-refractivity contribution in [1.82, 2.24) is 9.97 Å². The van der Waals surface area contributed by atoms with E-state index in [1.54, 1.807) is 19.9 Å². The van der Waals surface area contributed by atoms with E-state index in [2.05, 4.69) is 14.7 Å². The van der Waals surface area contributed by atoms with Crippen molar-refractivity contribution in [1.29, 1.82) is 0 Å². The van der Waals surface area contributed by atoms with Gasteiger partial charge in [-0.25, -0.2) is 17.8 Å². The number of nitrogens with zero attached hydrogens (tertiary/aromatic N) is 2. The summed E-state index contributed by atoms with van der Waals surface area (Å²) in [5.41, 5.74) is 0.131. The number of ether oxygens (including phenoxy) is 2. The third-order valence-corrected chi connectivity index (χ3v) is 4.08. The van der Waals surface area contributed by atoms with E-state index in [0.717, 1.165) is 0 Å². The fraction of sp³-hybridized carbons (Fsp3) is 0.333. The Hall–Kier alpha value is -2.42. The Bertz CT molecular complexity index is 799. The molecule has 0 radical (unpaired) electrons. The second kappa shape index (κ2) is 7.91. The van der Waals surface area contributed by atoms with Crippen molar-refractivity contribution < 1.29 is 22.3 Å². The maximum absolute atomic E-state index is 13.6. The molecular formula is C15H18FN3O4S. The first-order valence-electron chi connectivity index (χ1n) is 7.31. The van der Waals surface area contributed by atoms with Gasteiger partial charge < -0.3 is 9.47 Å². The second-order valence-electron chi connectivity index (χ2n) is 4.69. The van der Waals surface area contributed by atoms with Gasteiger partial charge in [-0.05, 0) is 19.9 Å². The zero-order valence-corrected chi connectivity index (χ0v) is 14.1. The average Bonchev–Trinajstić information content (AvgIpc) is 2.52. The van der Waals surface area contributed by atoms with E-state index < -0.39 is 21.6 Å². The molecule has 9 heteroatoms. The molecule has 0 aliphatic rings. The van der Waals surface area contributed by atoms with Crippen LogP contribution in [0.4, 0.5) is 10.1 Å². The van der Waals surface area contributed by atoms with Gasteiger partial charge in [0, 0.05) is 5.56 Å². The topological polar surface area (TPSA) is 90.4 Å². The number of nitrogens with one attached hydrogen (secondary N) is 1. The highest BCUT2D eigenvalue weighted by Crippen LogP contribution is 2.25. The van der Waals surface area contributed by atoms with Crippen LogP contribution in [0, 0.1) is 5.82 Å². The Morgan fingerprint density at radius 2 is 1.88 bits per heavy atom. The van der Waals surface area contributed by atoms with Crippen LogP contribution in [0.15, 0.2) is 30.5 Å². The molecule has 0 amide bonds. The van der Waals surface area contributed by atoms with Crippen molar-refractivity contribution in [2.45, 2.75) is 19.6 Å². The molecule has 1 N–H and O–H groups in total. The van der Waals surface area contributed by atoms with Crippen molar-refractivity contribution in [3.8, 4) is 11.9 Å². The number of aromatic nitrogens is 2. The lowest BCUT2D eigenvalue weighted by Crippen LogP contribution is -2.17. The van der Waals surface area contributed by atoms with Crippen molar-refractivity contribution in [2.24, 2.45) is 0 Å². The molecule has 0 aliphatic heterocycles. The van der Waals surface area contributed by atoms with Crippen molar-refractivity contribution in [3.63, 3.8) is 0 Å². The van der Waals surface area contributed by atoms with E-state index in [1.807, 2.05) is 0 Å². The number of hydrogen-bond acceptors (Lipinski definition) is 6. The molecule has 24 heavy (non-hydrogen) atoms. The zero-order valence-electron chi connectivity index (χ0n) is 13.3. The van der Waals surface area contributed by atoms with Gasteiger partial charge in [-0.3, -0.25) is 4.72 Å². The van der Waals surface area contributed by atoms with Crippen LogP contribution in [-0.2, 0) is 15.8 Å². The van der Waals surface area contributed by atoms with Gasteiger partial charge in [-0.15, -0.1) is 0 Å². The van der Waals surface area contributed by atoms with E-state index >= 15 is 0 Å². The molecule has 0 saturated heterocycles. The largest absolute Gasteiger partial charge is 0.476 e. The minimum Gasteiger partial charge on any atom is -0.476 e. The molecule has 0 bridgehead atoms. The third-order valence-electron chi connectivity index (χ3n) is 2.85. The maximum Gasteiger partial charge on any atom is 0.319 e. The molecule has 1 heterocycles. The van der Waals surface area contributed by atoms with Crippen LogP contribution < -0.4 is 14.2 Å².